The van der Waals surface area contributed by atoms with Crippen LogP contribution in [0.2, 0.25) is 0 Å². The molecule has 1 aromatic carbocycles. The second-order valence-electron chi connectivity index (χ2n) is 7.05. The van der Waals surface area contributed by atoms with Gasteiger partial charge in [-0.3, -0.25) is 4.79 Å². The highest BCUT2D eigenvalue weighted by atomic mass is 16.5. The van der Waals surface area contributed by atoms with Gasteiger partial charge in [0.25, 0.3) is 0 Å². The van der Waals surface area contributed by atoms with Gasteiger partial charge in [-0.15, -0.1) is 6.58 Å². The Kier molecular flexibility index (Phi) is 4.39. The van der Waals surface area contributed by atoms with Gasteiger partial charge in [-0.05, 0) is 36.7 Å². The van der Waals surface area contributed by atoms with E-state index in [1.165, 1.54) is 0 Å². The van der Waals surface area contributed by atoms with Crippen molar-refractivity contribution < 1.29 is 9.53 Å². The molecular weight excluding hydrogens is 300 g/mol. The molecule has 0 saturated heterocycles. The van der Waals surface area contributed by atoms with Crippen molar-refractivity contribution in [2.45, 2.75) is 39.2 Å². The van der Waals surface area contributed by atoms with Crippen molar-refractivity contribution in [1.29, 1.82) is 5.53 Å². The summed E-state index contributed by atoms with van der Waals surface area (Å²) in [7, 11) is 0. The van der Waals surface area contributed by atoms with Gasteiger partial charge in [0.1, 0.15) is 11.5 Å². The Balaban J connectivity index is 2.12. The summed E-state index contributed by atoms with van der Waals surface area (Å²) < 4.78 is 5.87. The van der Waals surface area contributed by atoms with Gasteiger partial charge < -0.3 is 4.74 Å². The van der Waals surface area contributed by atoms with Crippen LogP contribution in [0.3, 0.4) is 0 Å². The quantitative estimate of drug-likeness (QED) is 0.455. The van der Waals surface area contributed by atoms with E-state index in [9.17, 15) is 4.79 Å². The van der Waals surface area contributed by atoms with Gasteiger partial charge in [0.05, 0.1) is 5.70 Å². The Labute approximate surface area is 143 Å². The molecule has 1 aliphatic heterocycles. The minimum atomic E-state index is -0.721. The van der Waals surface area contributed by atoms with Gasteiger partial charge in [-0.2, -0.15) is 5.11 Å². The molecule has 0 unspecified atom stereocenters. The zero-order chi connectivity index (χ0) is 17.3. The number of nitrogens with one attached hydrogen (secondary N) is 1. The minimum Gasteiger partial charge on any atom is -0.456 e. The topological polar surface area (TPSA) is 62.5 Å². The fourth-order valence-corrected chi connectivity index (χ4v) is 3.84. The van der Waals surface area contributed by atoms with Crippen molar-refractivity contribution in [3.05, 3.63) is 54.2 Å². The predicted octanol–water partition coefficient (Wildman–Crippen LogP) is 4.98. The van der Waals surface area contributed by atoms with Crippen molar-refractivity contribution in [1.82, 2.24) is 0 Å². The van der Waals surface area contributed by atoms with E-state index in [1.807, 2.05) is 50.3 Å². The number of carbonyl (C=O) groups is 1. The standard InChI is InChI=1S/C20H24N2O2/c1-4-5-11-15-12-20(15)18(22-21)16(14-9-7-6-8-10-14)17(13(2)3)24-19(20)23/h4,6-10,13,15,17,21H,1,5,11-12H2,2-3H3/t15-,17+,20+/m1/s1. The molecule has 0 bridgehead atoms. The molecule has 0 aromatic heterocycles. The van der Waals surface area contributed by atoms with E-state index in [0.29, 0.717) is 5.70 Å². The van der Waals surface area contributed by atoms with Gasteiger partial charge in [0, 0.05) is 5.57 Å². The second-order valence-corrected chi connectivity index (χ2v) is 7.05. The fraction of sp³-hybridized carbons (Fsp3) is 0.450. The Morgan fingerprint density at radius 1 is 1.42 bits per heavy atom. The molecule has 24 heavy (non-hydrogen) atoms. The Bertz CT molecular complexity index is 693. The van der Waals surface area contributed by atoms with Crippen LogP contribution in [-0.2, 0) is 9.53 Å². The summed E-state index contributed by atoms with van der Waals surface area (Å²) in [4.78, 5) is 12.8. The molecule has 1 spiro atoms. The lowest BCUT2D eigenvalue weighted by atomic mass is 9.82. The molecule has 0 amide bonds. The summed E-state index contributed by atoms with van der Waals surface area (Å²) in [5.41, 5.74) is 9.58. The SMILES string of the molecule is C=CCC[C@@H]1C[C@]12C(=O)O[C@@H](C(C)C)C(c1ccccc1)=C2N=N. The largest absolute Gasteiger partial charge is 0.456 e. The molecule has 1 aliphatic carbocycles. The number of benzene rings is 1. The van der Waals surface area contributed by atoms with Crippen LogP contribution in [0.5, 0.6) is 0 Å². The molecule has 126 valence electrons. The van der Waals surface area contributed by atoms with Crippen LogP contribution in [0.1, 0.15) is 38.7 Å². The first-order chi connectivity index (χ1) is 11.6. The zero-order valence-electron chi connectivity index (χ0n) is 14.3. The highest BCUT2D eigenvalue weighted by Crippen LogP contribution is 2.64. The minimum absolute atomic E-state index is 0.128. The third kappa shape index (κ3) is 2.50. The molecule has 1 heterocycles. The molecule has 1 N–H and O–H groups in total. The lowest BCUT2D eigenvalue weighted by Gasteiger charge is -2.34. The van der Waals surface area contributed by atoms with E-state index < -0.39 is 5.41 Å². The van der Waals surface area contributed by atoms with Gasteiger partial charge >= 0.3 is 5.97 Å². The first-order valence-electron chi connectivity index (χ1n) is 8.55. The van der Waals surface area contributed by atoms with E-state index in [0.717, 1.165) is 30.4 Å². The van der Waals surface area contributed by atoms with Crippen LogP contribution in [0, 0.1) is 22.8 Å². The average Bonchev–Trinajstić information content (AvgIpc) is 3.30. The van der Waals surface area contributed by atoms with Crippen LogP contribution in [0.4, 0.5) is 0 Å². The number of rotatable bonds is 6. The Hall–Kier alpha value is -2.23. The molecule has 1 saturated carbocycles. The second kappa shape index (κ2) is 6.34. The molecule has 1 aromatic rings. The number of cyclic esters (lactones) is 1. The summed E-state index contributed by atoms with van der Waals surface area (Å²) >= 11 is 0. The molecule has 3 atom stereocenters. The van der Waals surface area contributed by atoms with Crippen molar-refractivity contribution in [3.63, 3.8) is 0 Å². The maximum atomic E-state index is 12.8. The summed E-state index contributed by atoms with van der Waals surface area (Å²) in [6.07, 6.45) is 3.98. The third-order valence-electron chi connectivity index (χ3n) is 5.19. The lowest BCUT2D eigenvalue weighted by molar-refractivity contribution is -0.155. The van der Waals surface area contributed by atoms with Crippen molar-refractivity contribution in [2.75, 3.05) is 0 Å². The Morgan fingerprint density at radius 3 is 2.71 bits per heavy atom. The molecule has 3 rings (SSSR count). The maximum absolute atomic E-state index is 12.8. The monoisotopic (exact) mass is 324 g/mol. The number of hydrogen-bond donors (Lipinski definition) is 1. The average molecular weight is 324 g/mol. The third-order valence-corrected chi connectivity index (χ3v) is 5.19. The number of ether oxygens (including phenoxy) is 1. The van der Waals surface area contributed by atoms with Gasteiger partial charge in [-0.1, -0.05) is 50.3 Å². The van der Waals surface area contributed by atoms with Gasteiger partial charge in [0.15, 0.2) is 0 Å². The smallest absolute Gasteiger partial charge is 0.319 e. The van der Waals surface area contributed by atoms with E-state index in [2.05, 4.69) is 11.7 Å². The van der Waals surface area contributed by atoms with Crippen molar-refractivity contribution >= 4 is 11.5 Å². The van der Waals surface area contributed by atoms with Crippen LogP contribution in [0.25, 0.3) is 5.57 Å². The molecule has 0 radical (unpaired) electrons. The Morgan fingerprint density at radius 2 is 2.12 bits per heavy atom. The summed E-state index contributed by atoms with van der Waals surface area (Å²) in [5, 5.41) is 3.86. The van der Waals surface area contributed by atoms with Gasteiger partial charge in [0.2, 0.25) is 0 Å². The highest BCUT2D eigenvalue weighted by Gasteiger charge is 2.66. The molecule has 4 nitrogen and oxygen atoms in total. The van der Waals surface area contributed by atoms with Gasteiger partial charge in [-0.25, -0.2) is 5.53 Å². The number of nitrogens with zero attached hydrogens (tertiary/aromatic N) is 1. The van der Waals surface area contributed by atoms with E-state index in [-0.39, 0.29) is 23.9 Å². The van der Waals surface area contributed by atoms with Crippen molar-refractivity contribution in [2.24, 2.45) is 22.4 Å². The molecule has 1 fully saturated rings. The zero-order valence-corrected chi connectivity index (χ0v) is 14.3. The normalized spacial score (nSPS) is 28.9. The van der Waals surface area contributed by atoms with E-state index in [1.54, 1.807) is 0 Å². The molecule has 4 heteroatoms. The number of hydrogen-bond acceptors (Lipinski definition) is 4. The number of esters is 1. The summed E-state index contributed by atoms with van der Waals surface area (Å²) in [5.74, 6) is 0.114. The molecule has 2 aliphatic rings. The van der Waals surface area contributed by atoms with Crippen LogP contribution >= 0.6 is 0 Å². The van der Waals surface area contributed by atoms with Crippen LogP contribution in [-0.4, -0.2) is 12.1 Å². The van der Waals surface area contributed by atoms with Crippen molar-refractivity contribution in [3.8, 4) is 0 Å². The van der Waals surface area contributed by atoms with Crippen LogP contribution in [0.15, 0.2) is 53.8 Å². The predicted molar refractivity (Wildman–Crippen MR) is 93.2 cm³/mol. The number of carbonyl (C=O) groups excluding carboxylic acids is 1. The van der Waals surface area contributed by atoms with E-state index in [4.69, 9.17) is 10.3 Å². The lowest BCUT2D eigenvalue weighted by Crippen LogP contribution is -2.38. The highest BCUT2D eigenvalue weighted by molar-refractivity contribution is 5.93. The number of allylic oxidation sites excluding steroid dienone is 1. The fourth-order valence-electron chi connectivity index (χ4n) is 3.84. The maximum Gasteiger partial charge on any atom is 0.319 e. The van der Waals surface area contributed by atoms with E-state index >= 15 is 0 Å². The summed E-state index contributed by atoms with van der Waals surface area (Å²) in [6.45, 7) is 7.82. The first-order valence-corrected chi connectivity index (χ1v) is 8.55. The molecular formula is C20H24N2O2. The first kappa shape index (κ1) is 16.6. The summed E-state index contributed by atoms with van der Waals surface area (Å²) in [6, 6.07) is 9.90. The van der Waals surface area contributed by atoms with Crippen LogP contribution < -0.4 is 0 Å².